The van der Waals surface area contributed by atoms with E-state index in [4.69, 9.17) is 10.5 Å². The van der Waals surface area contributed by atoms with Crippen LogP contribution in [-0.4, -0.2) is 6.61 Å². The Bertz CT molecular complexity index is 584. The van der Waals surface area contributed by atoms with Gasteiger partial charge in [0.2, 0.25) is 0 Å². The predicted molar refractivity (Wildman–Crippen MR) is 84.2 cm³/mol. The second-order valence-electron chi connectivity index (χ2n) is 4.21. The van der Waals surface area contributed by atoms with Gasteiger partial charge in [-0.25, -0.2) is 0 Å². The lowest BCUT2D eigenvalue weighted by Crippen LogP contribution is -2.01. The third kappa shape index (κ3) is 3.01. The van der Waals surface area contributed by atoms with E-state index in [1.54, 1.807) is 0 Å². The maximum Gasteiger partial charge on any atom is 0.144 e. The number of hydrogen-bond donors (Lipinski definition) is 2. The zero-order valence-electron chi connectivity index (χ0n) is 11.0. The van der Waals surface area contributed by atoms with Gasteiger partial charge in [0, 0.05) is 4.47 Å². The molecule has 0 aromatic heterocycles. The molecule has 0 atom stereocenters. The van der Waals surface area contributed by atoms with Gasteiger partial charge in [0.1, 0.15) is 5.75 Å². The van der Waals surface area contributed by atoms with Gasteiger partial charge in [0.25, 0.3) is 0 Å². The summed E-state index contributed by atoms with van der Waals surface area (Å²) in [7, 11) is 0. The molecule has 0 saturated carbocycles. The van der Waals surface area contributed by atoms with Gasteiger partial charge < -0.3 is 15.8 Å². The number of anilines is 3. The van der Waals surface area contributed by atoms with Crippen LogP contribution in [0.1, 0.15) is 12.5 Å². The molecular formula is C15H17BrN2O. The smallest absolute Gasteiger partial charge is 0.144 e. The maximum absolute atomic E-state index is 6.10. The molecule has 4 heteroatoms. The van der Waals surface area contributed by atoms with E-state index in [1.807, 2.05) is 37.3 Å². The van der Waals surface area contributed by atoms with Crippen LogP contribution in [0.2, 0.25) is 0 Å². The highest BCUT2D eigenvalue weighted by Crippen LogP contribution is 2.34. The molecule has 0 bridgehead atoms. The van der Waals surface area contributed by atoms with Crippen LogP contribution in [0, 0.1) is 6.92 Å². The number of para-hydroxylation sites is 1. The molecule has 0 fully saturated rings. The molecule has 3 N–H and O–H groups in total. The van der Waals surface area contributed by atoms with E-state index in [9.17, 15) is 0 Å². The lowest BCUT2D eigenvalue weighted by atomic mass is 10.2. The monoisotopic (exact) mass is 320 g/mol. The van der Waals surface area contributed by atoms with Crippen LogP contribution in [0.15, 0.2) is 40.9 Å². The summed E-state index contributed by atoms with van der Waals surface area (Å²) in [5, 5.41) is 3.33. The van der Waals surface area contributed by atoms with Crippen molar-refractivity contribution in [1.29, 1.82) is 0 Å². The molecule has 0 unspecified atom stereocenters. The van der Waals surface area contributed by atoms with Gasteiger partial charge in [-0.1, -0.05) is 18.2 Å². The summed E-state index contributed by atoms with van der Waals surface area (Å²) in [6.07, 6.45) is 0. The first kappa shape index (κ1) is 13.7. The zero-order chi connectivity index (χ0) is 13.8. The molecule has 0 aliphatic rings. The number of halogens is 1. The number of nitrogen functional groups attached to an aromatic ring is 1. The lowest BCUT2D eigenvalue weighted by molar-refractivity contribution is 0.342. The summed E-state index contributed by atoms with van der Waals surface area (Å²) in [6.45, 7) is 4.59. The van der Waals surface area contributed by atoms with Crippen LogP contribution in [0.3, 0.4) is 0 Å². The van der Waals surface area contributed by atoms with E-state index in [0.29, 0.717) is 18.0 Å². The Hall–Kier alpha value is -1.68. The molecule has 0 aliphatic carbocycles. The third-order valence-corrected chi connectivity index (χ3v) is 3.88. The average molecular weight is 321 g/mol. The van der Waals surface area contributed by atoms with Crippen molar-refractivity contribution in [2.75, 3.05) is 17.7 Å². The molecular weight excluding hydrogens is 304 g/mol. The average Bonchev–Trinajstić information content (AvgIpc) is 2.40. The van der Waals surface area contributed by atoms with E-state index in [-0.39, 0.29) is 0 Å². The molecule has 0 heterocycles. The van der Waals surface area contributed by atoms with Crippen molar-refractivity contribution in [3.8, 4) is 5.75 Å². The fraction of sp³-hybridized carbons (Fsp3) is 0.200. The third-order valence-electron chi connectivity index (χ3n) is 2.83. The summed E-state index contributed by atoms with van der Waals surface area (Å²) < 4.78 is 6.53. The number of hydrogen-bond acceptors (Lipinski definition) is 3. The summed E-state index contributed by atoms with van der Waals surface area (Å²) in [4.78, 5) is 0. The van der Waals surface area contributed by atoms with E-state index in [2.05, 4.69) is 34.2 Å². The molecule has 100 valence electrons. The van der Waals surface area contributed by atoms with E-state index in [0.717, 1.165) is 15.8 Å². The van der Waals surface area contributed by atoms with Gasteiger partial charge in [-0.3, -0.25) is 0 Å². The van der Waals surface area contributed by atoms with E-state index >= 15 is 0 Å². The molecule has 2 aromatic carbocycles. The molecule has 0 saturated heterocycles. The summed E-state index contributed by atoms with van der Waals surface area (Å²) >= 11 is 3.58. The second kappa shape index (κ2) is 5.97. The molecule has 0 spiro atoms. The topological polar surface area (TPSA) is 47.3 Å². The number of nitrogens with one attached hydrogen (secondary N) is 1. The van der Waals surface area contributed by atoms with Gasteiger partial charge in [-0.2, -0.15) is 0 Å². The number of ether oxygens (including phenoxy) is 1. The Morgan fingerprint density at radius 2 is 1.84 bits per heavy atom. The number of rotatable bonds is 4. The normalized spacial score (nSPS) is 10.3. The number of nitrogens with two attached hydrogens (primary N) is 1. The number of benzene rings is 2. The van der Waals surface area contributed by atoms with Crippen LogP contribution < -0.4 is 15.8 Å². The minimum absolute atomic E-state index is 0.599. The summed E-state index contributed by atoms with van der Waals surface area (Å²) in [5.74, 6) is 0.705. The van der Waals surface area contributed by atoms with Crippen molar-refractivity contribution < 1.29 is 4.74 Å². The van der Waals surface area contributed by atoms with Crippen LogP contribution in [0.25, 0.3) is 0 Å². The molecule has 2 rings (SSSR count). The van der Waals surface area contributed by atoms with E-state index < -0.39 is 0 Å². The predicted octanol–water partition coefficient (Wildman–Crippen LogP) is 4.48. The van der Waals surface area contributed by atoms with Crippen LogP contribution >= 0.6 is 15.9 Å². The first-order valence-corrected chi connectivity index (χ1v) is 6.96. The Balaban J connectivity index is 2.33. The Kier molecular flexibility index (Phi) is 4.32. The largest absolute Gasteiger partial charge is 0.492 e. The van der Waals surface area contributed by atoms with E-state index in [1.165, 1.54) is 5.56 Å². The molecule has 2 aromatic rings. The minimum atomic E-state index is 0.599. The fourth-order valence-corrected chi connectivity index (χ4v) is 2.19. The molecule has 0 radical (unpaired) electrons. The van der Waals surface area contributed by atoms with Crippen LogP contribution in [0.4, 0.5) is 17.1 Å². The minimum Gasteiger partial charge on any atom is -0.492 e. The SMILES string of the molecule is CCOc1cccc(Nc2cccc(C)c2Br)c1N. The number of aryl methyl sites for hydroxylation is 1. The van der Waals surface area contributed by atoms with Gasteiger partial charge in [-0.05, 0) is 53.5 Å². The van der Waals surface area contributed by atoms with Crippen molar-refractivity contribution >= 4 is 33.0 Å². The summed E-state index contributed by atoms with van der Waals surface area (Å²) in [6, 6.07) is 11.8. The van der Waals surface area contributed by atoms with Crippen molar-refractivity contribution in [2.45, 2.75) is 13.8 Å². The zero-order valence-corrected chi connectivity index (χ0v) is 12.6. The highest BCUT2D eigenvalue weighted by atomic mass is 79.9. The van der Waals surface area contributed by atoms with Crippen LogP contribution in [0.5, 0.6) is 5.75 Å². The first-order chi connectivity index (χ1) is 9.13. The van der Waals surface area contributed by atoms with Gasteiger partial charge in [0.05, 0.1) is 23.7 Å². The van der Waals surface area contributed by atoms with Crippen molar-refractivity contribution in [1.82, 2.24) is 0 Å². The second-order valence-corrected chi connectivity index (χ2v) is 5.00. The Morgan fingerprint density at radius 3 is 2.58 bits per heavy atom. The van der Waals surface area contributed by atoms with Crippen LogP contribution in [-0.2, 0) is 0 Å². The Morgan fingerprint density at radius 1 is 1.16 bits per heavy atom. The standard InChI is InChI=1S/C15H17BrN2O/c1-3-19-13-9-5-8-12(15(13)17)18-11-7-4-6-10(2)14(11)16/h4-9,18H,3,17H2,1-2H3. The molecule has 3 nitrogen and oxygen atoms in total. The van der Waals surface area contributed by atoms with Gasteiger partial charge in [-0.15, -0.1) is 0 Å². The molecule has 0 aliphatic heterocycles. The first-order valence-electron chi connectivity index (χ1n) is 6.17. The highest BCUT2D eigenvalue weighted by molar-refractivity contribution is 9.10. The van der Waals surface area contributed by atoms with Gasteiger partial charge in [0.15, 0.2) is 0 Å². The molecule has 0 amide bonds. The van der Waals surface area contributed by atoms with Crippen molar-refractivity contribution in [3.05, 3.63) is 46.4 Å². The van der Waals surface area contributed by atoms with Gasteiger partial charge >= 0.3 is 0 Å². The maximum atomic E-state index is 6.10. The highest BCUT2D eigenvalue weighted by Gasteiger charge is 2.08. The summed E-state index contributed by atoms with van der Waals surface area (Å²) in [5.41, 5.74) is 9.73. The Labute approximate surface area is 121 Å². The van der Waals surface area contributed by atoms with Crippen molar-refractivity contribution in [3.63, 3.8) is 0 Å². The van der Waals surface area contributed by atoms with Crippen molar-refractivity contribution in [2.24, 2.45) is 0 Å². The fourth-order valence-electron chi connectivity index (χ4n) is 1.82. The lowest BCUT2D eigenvalue weighted by Gasteiger charge is -2.14. The quantitative estimate of drug-likeness (QED) is 0.816. The molecule has 19 heavy (non-hydrogen) atoms.